The van der Waals surface area contributed by atoms with Gasteiger partial charge in [0.1, 0.15) is 0 Å². The van der Waals surface area contributed by atoms with E-state index in [0.29, 0.717) is 5.02 Å². The molecule has 0 saturated heterocycles. The van der Waals surface area contributed by atoms with Gasteiger partial charge >= 0.3 is 5.97 Å². The maximum Gasteiger partial charge on any atom is 0.304 e. The minimum absolute atomic E-state index is 0.0448. The van der Waals surface area contributed by atoms with Crippen LogP contribution in [0, 0.1) is 0 Å². The van der Waals surface area contributed by atoms with Crippen LogP contribution in [0.2, 0.25) is 5.02 Å². The lowest BCUT2D eigenvalue weighted by Gasteiger charge is -2.19. The van der Waals surface area contributed by atoms with Crippen LogP contribution in [0.3, 0.4) is 0 Å². The Morgan fingerprint density at radius 1 is 1.33 bits per heavy atom. The highest BCUT2D eigenvalue weighted by Gasteiger charge is 2.23. The number of nitrogens with zero attached hydrogens (tertiary/aromatic N) is 1. The number of carbonyl (C=O) groups is 1. The predicted molar refractivity (Wildman–Crippen MR) is 68.1 cm³/mol. The van der Waals surface area contributed by atoms with Crippen molar-refractivity contribution in [1.29, 1.82) is 0 Å². The highest BCUT2D eigenvalue weighted by molar-refractivity contribution is 7.89. The lowest BCUT2D eigenvalue weighted by atomic mass is 10.4. The molecule has 1 rings (SSSR count). The van der Waals surface area contributed by atoms with Crippen LogP contribution in [0.25, 0.3) is 0 Å². The smallest absolute Gasteiger partial charge is 0.304 e. The quantitative estimate of drug-likeness (QED) is 0.867. The molecule has 0 bridgehead atoms. The number of benzene rings is 1. The van der Waals surface area contributed by atoms with Crippen molar-refractivity contribution in [3.63, 3.8) is 0 Å². The number of aliphatic carboxylic acids is 1. The number of sulfonamides is 1. The summed E-state index contributed by atoms with van der Waals surface area (Å²) in [4.78, 5) is 10.6. The maximum absolute atomic E-state index is 12.2. The second-order valence-corrected chi connectivity index (χ2v) is 5.97. The van der Waals surface area contributed by atoms with Crippen LogP contribution in [-0.2, 0) is 14.8 Å². The Morgan fingerprint density at radius 2 is 1.89 bits per heavy atom. The fraction of sp³-hybridized carbons (Fsp3) is 0.364. The lowest BCUT2D eigenvalue weighted by Crippen LogP contribution is -2.32. The zero-order chi connectivity index (χ0) is 13.8. The van der Waals surface area contributed by atoms with Crippen LogP contribution in [-0.4, -0.2) is 36.9 Å². The molecule has 0 amide bonds. The second-order valence-electron chi connectivity index (χ2n) is 3.59. The monoisotopic (exact) mass is 291 g/mol. The van der Waals surface area contributed by atoms with Crippen LogP contribution in [0.1, 0.15) is 13.3 Å². The van der Waals surface area contributed by atoms with E-state index in [4.69, 9.17) is 16.7 Å². The lowest BCUT2D eigenvalue weighted by molar-refractivity contribution is -0.137. The Bertz CT molecular complexity index is 512. The number of carboxylic acids is 1. The molecule has 0 saturated carbocycles. The summed E-state index contributed by atoms with van der Waals surface area (Å²) in [5.41, 5.74) is 0. The van der Waals surface area contributed by atoms with E-state index in [2.05, 4.69) is 0 Å². The minimum Gasteiger partial charge on any atom is -0.481 e. The van der Waals surface area contributed by atoms with Gasteiger partial charge in [0.2, 0.25) is 10.0 Å². The highest BCUT2D eigenvalue weighted by atomic mass is 35.5. The summed E-state index contributed by atoms with van der Waals surface area (Å²) in [6.45, 7) is 1.84. The molecular formula is C11H14ClNO4S. The Kier molecular flexibility index (Phi) is 5.13. The van der Waals surface area contributed by atoms with Crippen LogP contribution >= 0.6 is 11.6 Å². The molecule has 1 aromatic carbocycles. The summed E-state index contributed by atoms with van der Waals surface area (Å²) < 4.78 is 25.5. The Hall–Kier alpha value is -1.11. The number of rotatable bonds is 6. The fourth-order valence-corrected chi connectivity index (χ4v) is 3.00. The second kappa shape index (κ2) is 6.17. The van der Waals surface area contributed by atoms with Gasteiger partial charge in [-0.3, -0.25) is 4.79 Å². The molecule has 18 heavy (non-hydrogen) atoms. The SMILES string of the molecule is CCN(CCC(=O)O)S(=O)(=O)c1ccc(Cl)cc1. The molecule has 0 aromatic heterocycles. The standard InChI is InChI=1S/C11H14ClNO4S/c1-2-13(8-7-11(14)15)18(16,17)10-5-3-9(12)4-6-10/h3-6H,2,7-8H2,1H3,(H,14,15). The van der Waals surface area contributed by atoms with Gasteiger partial charge in [0.05, 0.1) is 11.3 Å². The van der Waals surface area contributed by atoms with Crippen LogP contribution in [0.5, 0.6) is 0 Å². The van der Waals surface area contributed by atoms with Crippen molar-refractivity contribution in [2.45, 2.75) is 18.2 Å². The average molecular weight is 292 g/mol. The number of hydrogen-bond acceptors (Lipinski definition) is 3. The molecule has 0 fully saturated rings. The normalized spacial score (nSPS) is 11.7. The van der Waals surface area contributed by atoms with Crippen molar-refractivity contribution in [2.75, 3.05) is 13.1 Å². The molecule has 0 unspecified atom stereocenters. The summed E-state index contributed by atoms with van der Waals surface area (Å²) in [7, 11) is -3.65. The van der Waals surface area contributed by atoms with Gasteiger partial charge in [-0.2, -0.15) is 4.31 Å². The van der Waals surface area contributed by atoms with E-state index in [9.17, 15) is 13.2 Å². The average Bonchev–Trinajstić information content (AvgIpc) is 2.29. The minimum atomic E-state index is -3.65. The molecule has 5 nitrogen and oxygen atoms in total. The first-order chi connectivity index (χ1) is 8.37. The molecule has 0 aliphatic heterocycles. The van der Waals surface area contributed by atoms with Crippen LogP contribution in [0.4, 0.5) is 0 Å². The predicted octanol–water partition coefficient (Wildman–Crippen LogP) is 1.83. The maximum atomic E-state index is 12.2. The van der Waals surface area contributed by atoms with Crippen LogP contribution in [0.15, 0.2) is 29.2 Å². The van der Waals surface area contributed by atoms with Gasteiger partial charge in [-0.1, -0.05) is 18.5 Å². The van der Waals surface area contributed by atoms with E-state index in [-0.39, 0.29) is 24.4 Å². The third-order valence-corrected chi connectivity index (χ3v) is 4.62. The fourth-order valence-electron chi connectivity index (χ4n) is 1.42. The molecule has 1 aromatic rings. The summed E-state index contributed by atoms with van der Waals surface area (Å²) in [6.07, 6.45) is -0.222. The van der Waals surface area contributed by atoms with E-state index in [1.54, 1.807) is 6.92 Å². The number of carboxylic acid groups (broad SMARTS) is 1. The van der Waals surface area contributed by atoms with Crippen molar-refractivity contribution >= 4 is 27.6 Å². The molecule has 0 heterocycles. The van der Waals surface area contributed by atoms with E-state index < -0.39 is 16.0 Å². The van der Waals surface area contributed by atoms with Crippen molar-refractivity contribution in [1.82, 2.24) is 4.31 Å². The van der Waals surface area contributed by atoms with E-state index >= 15 is 0 Å². The molecule has 1 N–H and O–H groups in total. The van der Waals surface area contributed by atoms with Gasteiger partial charge in [0, 0.05) is 18.1 Å². The summed E-state index contributed by atoms with van der Waals surface area (Å²) >= 11 is 5.69. The third kappa shape index (κ3) is 3.69. The van der Waals surface area contributed by atoms with Crippen molar-refractivity contribution in [2.24, 2.45) is 0 Å². The van der Waals surface area contributed by atoms with Crippen molar-refractivity contribution in [3.8, 4) is 0 Å². The Morgan fingerprint density at radius 3 is 2.33 bits per heavy atom. The molecule has 7 heteroatoms. The van der Waals surface area contributed by atoms with Crippen LogP contribution < -0.4 is 0 Å². The first kappa shape index (κ1) is 14.9. The van der Waals surface area contributed by atoms with Gasteiger partial charge < -0.3 is 5.11 Å². The highest BCUT2D eigenvalue weighted by Crippen LogP contribution is 2.18. The number of hydrogen-bond donors (Lipinski definition) is 1. The zero-order valence-electron chi connectivity index (χ0n) is 9.84. The Labute approximate surface area is 111 Å². The van der Waals surface area contributed by atoms with Gasteiger partial charge in [0.25, 0.3) is 0 Å². The third-order valence-electron chi connectivity index (χ3n) is 2.38. The van der Waals surface area contributed by atoms with E-state index in [1.165, 1.54) is 24.3 Å². The van der Waals surface area contributed by atoms with E-state index in [1.807, 2.05) is 0 Å². The summed E-state index contributed by atoms with van der Waals surface area (Å²) in [5.74, 6) is -1.03. The van der Waals surface area contributed by atoms with Gasteiger partial charge in [0.15, 0.2) is 0 Å². The molecule has 0 atom stereocenters. The summed E-state index contributed by atoms with van der Waals surface area (Å²) in [6, 6.07) is 5.78. The molecule has 0 radical (unpaired) electrons. The van der Waals surface area contributed by atoms with Crippen molar-refractivity contribution < 1.29 is 18.3 Å². The summed E-state index contributed by atoms with van der Waals surface area (Å²) in [5, 5.41) is 9.04. The largest absolute Gasteiger partial charge is 0.481 e. The van der Waals surface area contributed by atoms with Crippen molar-refractivity contribution in [3.05, 3.63) is 29.3 Å². The van der Waals surface area contributed by atoms with E-state index in [0.717, 1.165) is 4.31 Å². The molecule has 0 aliphatic rings. The Balaban J connectivity index is 2.95. The molecule has 0 spiro atoms. The molecular weight excluding hydrogens is 278 g/mol. The van der Waals surface area contributed by atoms with Gasteiger partial charge in [-0.15, -0.1) is 0 Å². The molecule has 0 aliphatic carbocycles. The number of halogens is 1. The first-order valence-electron chi connectivity index (χ1n) is 5.35. The molecule has 100 valence electrons. The first-order valence-corrected chi connectivity index (χ1v) is 7.17. The van der Waals surface area contributed by atoms with Gasteiger partial charge in [-0.05, 0) is 24.3 Å². The van der Waals surface area contributed by atoms with Gasteiger partial charge in [-0.25, -0.2) is 8.42 Å². The topological polar surface area (TPSA) is 74.7 Å². The zero-order valence-corrected chi connectivity index (χ0v) is 11.4.